The first-order chi connectivity index (χ1) is 15.6. The SMILES string of the molecule is CCNC(=O)c1ccc(-c2ccc3nnn(Cc4ccc5ncccc5c4)c3n2)cc1Cl.Cl. The molecular formula is C24H20Cl2N6O. The number of carbonyl (C=O) groups excluding carboxylic acids is 1. The van der Waals surface area contributed by atoms with E-state index in [0.29, 0.717) is 34.8 Å². The first kappa shape index (κ1) is 22.6. The van der Waals surface area contributed by atoms with Gasteiger partial charge in [0.2, 0.25) is 0 Å². The van der Waals surface area contributed by atoms with Crippen LogP contribution in [0, 0.1) is 0 Å². The molecule has 2 aromatic carbocycles. The highest BCUT2D eigenvalue weighted by Crippen LogP contribution is 2.26. The third-order valence-electron chi connectivity index (χ3n) is 5.21. The normalized spacial score (nSPS) is 10.8. The molecule has 7 nitrogen and oxygen atoms in total. The van der Waals surface area contributed by atoms with Gasteiger partial charge in [-0.05, 0) is 55.0 Å². The summed E-state index contributed by atoms with van der Waals surface area (Å²) in [6, 6.07) is 19.2. The fraction of sp³-hybridized carbons (Fsp3) is 0.125. The van der Waals surface area contributed by atoms with Gasteiger partial charge in [-0.2, -0.15) is 0 Å². The van der Waals surface area contributed by atoms with Gasteiger partial charge in [0.1, 0.15) is 5.52 Å². The van der Waals surface area contributed by atoms with Gasteiger partial charge in [-0.3, -0.25) is 9.78 Å². The number of amides is 1. The zero-order valence-corrected chi connectivity index (χ0v) is 19.3. The van der Waals surface area contributed by atoms with Crippen LogP contribution in [0.5, 0.6) is 0 Å². The van der Waals surface area contributed by atoms with E-state index in [2.05, 4.69) is 26.7 Å². The molecule has 0 saturated carbocycles. The zero-order chi connectivity index (χ0) is 22.1. The van der Waals surface area contributed by atoms with Crippen molar-refractivity contribution in [2.45, 2.75) is 13.5 Å². The number of carbonyl (C=O) groups is 1. The molecule has 0 unspecified atom stereocenters. The second-order valence-electron chi connectivity index (χ2n) is 7.37. The Morgan fingerprint density at radius 3 is 2.73 bits per heavy atom. The lowest BCUT2D eigenvalue weighted by molar-refractivity contribution is 0.0956. The monoisotopic (exact) mass is 478 g/mol. The van der Waals surface area contributed by atoms with Crippen LogP contribution >= 0.6 is 24.0 Å². The quantitative estimate of drug-likeness (QED) is 0.387. The second kappa shape index (κ2) is 9.52. The van der Waals surface area contributed by atoms with E-state index in [1.807, 2.05) is 49.4 Å². The van der Waals surface area contributed by atoms with Gasteiger partial charge in [0.15, 0.2) is 5.65 Å². The molecular weight excluding hydrogens is 459 g/mol. The third kappa shape index (κ3) is 4.51. The molecule has 3 aromatic heterocycles. The highest BCUT2D eigenvalue weighted by atomic mass is 35.5. The standard InChI is InChI=1S/C24H19ClN6O.ClH/c1-2-26-24(32)18-7-6-17(13-19(18)25)21-9-10-22-23(28-21)31(30-29-22)14-15-5-8-20-16(12-15)4-3-11-27-20;/h3-13H,2,14H2,1H3,(H,26,32);1H. The van der Waals surface area contributed by atoms with Crippen molar-refractivity contribution >= 4 is 52.0 Å². The smallest absolute Gasteiger partial charge is 0.252 e. The Labute approximate surface area is 201 Å². The summed E-state index contributed by atoms with van der Waals surface area (Å²) in [4.78, 5) is 21.3. The Balaban J connectivity index is 0.00000259. The number of aromatic nitrogens is 5. The van der Waals surface area contributed by atoms with Crippen molar-refractivity contribution in [1.29, 1.82) is 0 Å². The second-order valence-corrected chi connectivity index (χ2v) is 7.78. The molecule has 1 amide bonds. The minimum Gasteiger partial charge on any atom is -0.352 e. The van der Waals surface area contributed by atoms with E-state index in [0.717, 1.165) is 27.7 Å². The van der Waals surface area contributed by atoms with Crippen molar-refractivity contribution in [2.75, 3.05) is 6.54 Å². The van der Waals surface area contributed by atoms with Gasteiger partial charge in [0.25, 0.3) is 5.91 Å². The predicted molar refractivity (Wildman–Crippen MR) is 132 cm³/mol. The van der Waals surface area contributed by atoms with Crippen LogP contribution in [-0.2, 0) is 6.54 Å². The maximum atomic E-state index is 12.1. The molecule has 9 heteroatoms. The van der Waals surface area contributed by atoms with E-state index in [4.69, 9.17) is 16.6 Å². The number of hydrogen-bond acceptors (Lipinski definition) is 5. The molecule has 0 fully saturated rings. The number of nitrogens with one attached hydrogen (secondary N) is 1. The Kier molecular flexibility index (Phi) is 6.53. The Hall–Kier alpha value is -3.55. The lowest BCUT2D eigenvalue weighted by atomic mass is 10.1. The lowest BCUT2D eigenvalue weighted by Crippen LogP contribution is -2.22. The van der Waals surface area contributed by atoms with E-state index in [9.17, 15) is 4.79 Å². The first-order valence-corrected chi connectivity index (χ1v) is 10.6. The van der Waals surface area contributed by atoms with Crippen molar-refractivity contribution in [1.82, 2.24) is 30.3 Å². The maximum absolute atomic E-state index is 12.1. The summed E-state index contributed by atoms with van der Waals surface area (Å²) in [5, 5.41) is 12.8. The van der Waals surface area contributed by atoms with E-state index >= 15 is 0 Å². The largest absolute Gasteiger partial charge is 0.352 e. The van der Waals surface area contributed by atoms with Crippen LogP contribution in [0.3, 0.4) is 0 Å². The average Bonchev–Trinajstić information content (AvgIpc) is 3.21. The molecule has 0 bridgehead atoms. The number of rotatable bonds is 5. The van der Waals surface area contributed by atoms with Gasteiger partial charge in [-0.1, -0.05) is 35.0 Å². The number of nitrogens with zero attached hydrogens (tertiary/aromatic N) is 5. The highest BCUT2D eigenvalue weighted by molar-refractivity contribution is 6.34. The van der Waals surface area contributed by atoms with Crippen molar-refractivity contribution in [3.05, 3.63) is 83.0 Å². The van der Waals surface area contributed by atoms with E-state index in [1.54, 1.807) is 23.0 Å². The van der Waals surface area contributed by atoms with Crippen molar-refractivity contribution in [2.24, 2.45) is 0 Å². The summed E-state index contributed by atoms with van der Waals surface area (Å²) in [6.45, 7) is 2.94. The molecule has 5 aromatic rings. The van der Waals surface area contributed by atoms with Gasteiger partial charge in [-0.25, -0.2) is 9.67 Å². The Morgan fingerprint density at radius 1 is 1.06 bits per heavy atom. The fourth-order valence-corrected chi connectivity index (χ4v) is 3.90. The molecule has 166 valence electrons. The predicted octanol–water partition coefficient (Wildman–Crippen LogP) is 4.91. The number of pyridine rings is 2. The molecule has 0 atom stereocenters. The molecule has 0 aliphatic rings. The molecule has 3 heterocycles. The molecule has 0 saturated heterocycles. The van der Waals surface area contributed by atoms with Crippen LogP contribution in [-0.4, -0.2) is 37.4 Å². The van der Waals surface area contributed by atoms with Gasteiger partial charge in [0, 0.05) is 23.7 Å². The summed E-state index contributed by atoms with van der Waals surface area (Å²) < 4.78 is 1.78. The summed E-state index contributed by atoms with van der Waals surface area (Å²) in [5.41, 5.74) is 5.41. The molecule has 0 aliphatic heterocycles. The summed E-state index contributed by atoms with van der Waals surface area (Å²) in [7, 11) is 0. The lowest BCUT2D eigenvalue weighted by Gasteiger charge is -2.08. The highest BCUT2D eigenvalue weighted by Gasteiger charge is 2.13. The zero-order valence-electron chi connectivity index (χ0n) is 17.7. The molecule has 0 aliphatic carbocycles. The Morgan fingerprint density at radius 2 is 1.91 bits per heavy atom. The summed E-state index contributed by atoms with van der Waals surface area (Å²) in [5.74, 6) is -0.194. The molecule has 1 N–H and O–H groups in total. The topological polar surface area (TPSA) is 85.6 Å². The van der Waals surface area contributed by atoms with Crippen molar-refractivity contribution < 1.29 is 4.79 Å². The molecule has 0 radical (unpaired) electrons. The fourth-order valence-electron chi connectivity index (χ4n) is 3.63. The number of fused-ring (bicyclic) bond motifs is 2. The average molecular weight is 479 g/mol. The molecule has 5 rings (SSSR count). The van der Waals surface area contributed by atoms with E-state index in [-0.39, 0.29) is 18.3 Å². The van der Waals surface area contributed by atoms with Crippen LogP contribution < -0.4 is 5.32 Å². The minimum atomic E-state index is -0.194. The summed E-state index contributed by atoms with van der Waals surface area (Å²) >= 11 is 6.37. The molecule has 0 spiro atoms. The maximum Gasteiger partial charge on any atom is 0.252 e. The van der Waals surface area contributed by atoms with E-state index < -0.39 is 0 Å². The van der Waals surface area contributed by atoms with Gasteiger partial charge in [0.05, 0.1) is 28.3 Å². The third-order valence-corrected chi connectivity index (χ3v) is 5.52. The molecule has 33 heavy (non-hydrogen) atoms. The summed E-state index contributed by atoms with van der Waals surface area (Å²) in [6.07, 6.45) is 1.79. The van der Waals surface area contributed by atoms with Crippen LogP contribution in [0.1, 0.15) is 22.8 Å². The van der Waals surface area contributed by atoms with Crippen LogP contribution in [0.15, 0.2) is 66.9 Å². The first-order valence-electron chi connectivity index (χ1n) is 10.2. The van der Waals surface area contributed by atoms with Crippen molar-refractivity contribution in [3.63, 3.8) is 0 Å². The van der Waals surface area contributed by atoms with Crippen molar-refractivity contribution in [3.8, 4) is 11.3 Å². The van der Waals surface area contributed by atoms with E-state index in [1.165, 1.54) is 0 Å². The number of benzene rings is 2. The Bertz CT molecular complexity index is 1470. The number of halogens is 2. The van der Waals surface area contributed by atoms with Crippen LogP contribution in [0.4, 0.5) is 0 Å². The van der Waals surface area contributed by atoms with Crippen LogP contribution in [0.2, 0.25) is 5.02 Å². The van der Waals surface area contributed by atoms with Gasteiger partial charge >= 0.3 is 0 Å². The van der Waals surface area contributed by atoms with Crippen LogP contribution in [0.25, 0.3) is 33.3 Å². The van der Waals surface area contributed by atoms with Gasteiger partial charge < -0.3 is 5.32 Å². The van der Waals surface area contributed by atoms with Gasteiger partial charge in [-0.15, -0.1) is 17.5 Å². The number of hydrogen-bond donors (Lipinski definition) is 1. The minimum absolute atomic E-state index is 0.